The number of hydrogen-bond acceptors (Lipinski definition) is 4. The molecular weight excluding hydrogens is 276 g/mol. The van der Waals surface area contributed by atoms with Crippen molar-refractivity contribution in [2.24, 2.45) is 0 Å². The van der Waals surface area contributed by atoms with Crippen LogP contribution < -0.4 is 20.5 Å². The summed E-state index contributed by atoms with van der Waals surface area (Å²) in [6.07, 6.45) is 0. The zero-order valence-corrected chi connectivity index (χ0v) is 12.4. The van der Waals surface area contributed by atoms with E-state index in [1.165, 1.54) is 0 Å². The molecule has 2 rings (SSSR count). The predicted molar refractivity (Wildman–Crippen MR) is 83.4 cm³/mol. The Balaban J connectivity index is 2.41. The van der Waals surface area contributed by atoms with Crippen molar-refractivity contribution in [2.45, 2.75) is 6.92 Å². The third-order valence-corrected chi connectivity index (χ3v) is 3.29. The molecular formula is C15H17ClN2O2. The number of aryl methyl sites for hydroxylation is 1. The molecule has 5 heteroatoms. The fraction of sp³-hybridized carbons (Fsp3) is 0.200. The number of nitrogens with one attached hydrogen (secondary N) is 1. The molecule has 0 atom stereocenters. The molecule has 0 aromatic heterocycles. The lowest BCUT2D eigenvalue weighted by molar-refractivity contribution is 0.405. The lowest BCUT2D eigenvalue weighted by Crippen LogP contribution is -1.98. The van der Waals surface area contributed by atoms with E-state index < -0.39 is 0 Å². The fourth-order valence-electron chi connectivity index (χ4n) is 1.93. The van der Waals surface area contributed by atoms with Gasteiger partial charge in [0.15, 0.2) is 0 Å². The van der Waals surface area contributed by atoms with Crippen LogP contribution in [-0.4, -0.2) is 14.2 Å². The van der Waals surface area contributed by atoms with E-state index in [0.717, 1.165) is 22.6 Å². The fourth-order valence-corrected chi connectivity index (χ4v) is 2.16. The minimum Gasteiger partial charge on any atom is -0.495 e. The number of hydrogen-bond donors (Lipinski definition) is 2. The first kappa shape index (κ1) is 14.3. The molecule has 20 heavy (non-hydrogen) atoms. The second-order valence-corrected chi connectivity index (χ2v) is 4.79. The highest BCUT2D eigenvalue weighted by Crippen LogP contribution is 2.37. The Labute approximate surface area is 123 Å². The number of nitrogen functional groups attached to an aromatic ring is 1. The Morgan fingerprint density at radius 1 is 1.00 bits per heavy atom. The highest BCUT2D eigenvalue weighted by atomic mass is 35.5. The van der Waals surface area contributed by atoms with Crippen LogP contribution in [0.2, 0.25) is 5.02 Å². The second-order valence-electron chi connectivity index (χ2n) is 4.39. The standard InChI is InChI=1S/C15H17ClN2O2/c1-9-6-10(17)4-5-12(9)18-13-8-14(19-2)11(16)7-15(13)20-3/h4-8,18H,17H2,1-3H3. The van der Waals surface area contributed by atoms with Crippen LogP contribution in [0.1, 0.15) is 5.56 Å². The summed E-state index contributed by atoms with van der Waals surface area (Å²) in [7, 11) is 3.17. The van der Waals surface area contributed by atoms with E-state index in [2.05, 4.69) is 5.32 Å². The first-order chi connectivity index (χ1) is 9.55. The van der Waals surface area contributed by atoms with Crippen molar-refractivity contribution < 1.29 is 9.47 Å². The van der Waals surface area contributed by atoms with Gasteiger partial charge in [-0.2, -0.15) is 0 Å². The lowest BCUT2D eigenvalue weighted by Gasteiger charge is -2.15. The number of halogens is 1. The van der Waals surface area contributed by atoms with E-state index in [1.54, 1.807) is 26.4 Å². The largest absolute Gasteiger partial charge is 0.495 e. The van der Waals surface area contributed by atoms with Gasteiger partial charge in [0.25, 0.3) is 0 Å². The first-order valence-electron chi connectivity index (χ1n) is 6.10. The molecule has 0 bridgehead atoms. The van der Waals surface area contributed by atoms with Crippen LogP contribution in [0.3, 0.4) is 0 Å². The molecule has 0 spiro atoms. The molecule has 0 fully saturated rings. The Hall–Kier alpha value is -2.07. The number of methoxy groups -OCH3 is 2. The minimum atomic E-state index is 0.504. The van der Waals surface area contributed by atoms with Crippen molar-refractivity contribution in [1.82, 2.24) is 0 Å². The molecule has 2 aromatic rings. The Morgan fingerprint density at radius 3 is 2.30 bits per heavy atom. The molecule has 0 radical (unpaired) electrons. The zero-order valence-electron chi connectivity index (χ0n) is 11.7. The van der Waals surface area contributed by atoms with E-state index >= 15 is 0 Å². The van der Waals surface area contributed by atoms with Gasteiger partial charge in [-0.25, -0.2) is 0 Å². The average Bonchev–Trinajstić information content (AvgIpc) is 2.43. The van der Waals surface area contributed by atoms with Crippen LogP contribution in [0.5, 0.6) is 11.5 Å². The predicted octanol–water partition coefficient (Wildman–Crippen LogP) is 3.99. The van der Waals surface area contributed by atoms with E-state index in [9.17, 15) is 0 Å². The molecule has 0 aliphatic heterocycles. The van der Waals surface area contributed by atoms with Crippen molar-refractivity contribution in [2.75, 3.05) is 25.3 Å². The van der Waals surface area contributed by atoms with Crippen molar-refractivity contribution >= 4 is 28.7 Å². The first-order valence-corrected chi connectivity index (χ1v) is 6.47. The van der Waals surface area contributed by atoms with Gasteiger partial charge < -0.3 is 20.5 Å². The minimum absolute atomic E-state index is 0.504. The van der Waals surface area contributed by atoms with E-state index in [0.29, 0.717) is 16.5 Å². The highest BCUT2D eigenvalue weighted by Gasteiger charge is 2.11. The summed E-state index contributed by atoms with van der Waals surface area (Å²) < 4.78 is 10.6. The molecule has 0 aliphatic carbocycles. The van der Waals surface area contributed by atoms with Crippen molar-refractivity contribution in [1.29, 1.82) is 0 Å². The average molecular weight is 293 g/mol. The third-order valence-electron chi connectivity index (χ3n) is 2.99. The summed E-state index contributed by atoms with van der Waals surface area (Å²) in [6.45, 7) is 1.98. The molecule has 0 saturated heterocycles. The SMILES string of the molecule is COc1cc(Nc2ccc(N)cc2C)c(OC)cc1Cl. The van der Waals surface area contributed by atoms with Crippen molar-refractivity contribution in [3.63, 3.8) is 0 Å². The van der Waals surface area contributed by atoms with Crippen LogP contribution in [0.4, 0.5) is 17.1 Å². The van der Waals surface area contributed by atoms with Gasteiger partial charge in [-0.1, -0.05) is 11.6 Å². The van der Waals surface area contributed by atoms with Crippen LogP contribution in [0.15, 0.2) is 30.3 Å². The summed E-state index contributed by atoms with van der Waals surface area (Å²) in [6, 6.07) is 9.19. The lowest BCUT2D eigenvalue weighted by atomic mass is 10.1. The summed E-state index contributed by atoms with van der Waals surface area (Å²) in [5, 5.41) is 3.81. The number of rotatable bonds is 4. The molecule has 0 unspecified atom stereocenters. The molecule has 0 heterocycles. The van der Waals surface area contributed by atoms with Gasteiger partial charge in [0.1, 0.15) is 11.5 Å². The molecule has 0 saturated carbocycles. The summed E-state index contributed by atoms with van der Waals surface area (Å²) in [5.41, 5.74) is 9.25. The van der Waals surface area contributed by atoms with Crippen LogP contribution in [0, 0.1) is 6.92 Å². The van der Waals surface area contributed by atoms with E-state index in [1.807, 2.05) is 25.1 Å². The number of anilines is 3. The second kappa shape index (κ2) is 5.92. The quantitative estimate of drug-likeness (QED) is 0.837. The van der Waals surface area contributed by atoms with Gasteiger partial charge in [-0.15, -0.1) is 0 Å². The van der Waals surface area contributed by atoms with Crippen molar-refractivity contribution in [3.05, 3.63) is 40.9 Å². The van der Waals surface area contributed by atoms with Crippen molar-refractivity contribution in [3.8, 4) is 11.5 Å². The summed E-state index contributed by atoms with van der Waals surface area (Å²) >= 11 is 6.09. The smallest absolute Gasteiger partial charge is 0.144 e. The Bertz CT molecular complexity index is 630. The maximum absolute atomic E-state index is 6.09. The number of nitrogens with two attached hydrogens (primary N) is 1. The zero-order chi connectivity index (χ0) is 14.7. The molecule has 106 valence electrons. The van der Waals surface area contributed by atoms with Gasteiger partial charge in [0, 0.05) is 23.5 Å². The van der Waals surface area contributed by atoms with Gasteiger partial charge in [-0.05, 0) is 30.7 Å². The van der Waals surface area contributed by atoms with E-state index in [4.69, 9.17) is 26.8 Å². The topological polar surface area (TPSA) is 56.5 Å². The highest BCUT2D eigenvalue weighted by molar-refractivity contribution is 6.32. The normalized spacial score (nSPS) is 10.2. The van der Waals surface area contributed by atoms with E-state index in [-0.39, 0.29) is 0 Å². The van der Waals surface area contributed by atoms with Crippen LogP contribution >= 0.6 is 11.6 Å². The van der Waals surface area contributed by atoms with Gasteiger partial charge in [0.05, 0.1) is 24.9 Å². The Kier molecular flexibility index (Phi) is 4.25. The molecule has 4 nitrogen and oxygen atoms in total. The van der Waals surface area contributed by atoms with Gasteiger partial charge in [-0.3, -0.25) is 0 Å². The third kappa shape index (κ3) is 2.91. The molecule has 3 N–H and O–H groups in total. The van der Waals surface area contributed by atoms with Gasteiger partial charge >= 0.3 is 0 Å². The number of ether oxygens (including phenoxy) is 2. The summed E-state index contributed by atoms with van der Waals surface area (Å²) in [5.74, 6) is 1.23. The number of benzene rings is 2. The Morgan fingerprint density at radius 2 is 1.70 bits per heavy atom. The molecule has 0 amide bonds. The van der Waals surface area contributed by atoms with Gasteiger partial charge in [0.2, 0.25) is 0 Å². The molecule has 2 aromatic carbocycles. The maximum atomic E-state index is 6.09. The van der Waals surface area contributed by atoms with Crippen LogP contribution in [-0.2, 0) is 0 Å². The monoisotopic (exact) mass is 292 g/mol. The maximum Gasteiger partial charge on any atom is 0.144 e. The van der Waals surface area contributed by atoms with Crippen LogP contribution in [0.25, 0.3) is 0 Å². The molecule has 0 aliphatic rings. The summed E-state index contributed by atoms with van der Waals surface area (Å²) in [4.78, 5) is 0.